The molecule has 1 atom stereocenters. The van der Waals surface area contributed by atoms with Crippen LogP contribution in [0.3, 0.4) is 0 Å². The van der Waals surface area contributed by atoms with Gasteiger partial charge in [-0.3, -0.25) is 0 Å². The van der Waals surface area contributed by atoms with E-state index >= 15 is 0 Å². The minimum Gasteiger partial charge on any atom is -0.392 e. The summed E-state index contributed by atoms with van der Waals surface area (Å²) in [6, 6.07) is 4.78. The molecule has 0 radical (unpaired) electrons. The van der Waals surface area contributed by atoms with Crippen LogP contribution in [0, 0.1) is 0 Å². The Kier molecular flexibility index (Phi) is 5.19. The highest BCUT2D eigenvalue weighted by atomic mass is 79.9. The molecule has 20 heavy (non-hydrogen) atoms. The van der Waals surface area contributed by atoms with Crippen LogP contribution in [0.1, 0.15) is 18.9 Å². The summed E-state index contributed by atoms with van der Waals surface area (Å²) in [6.45, 7) is 3.15. The molecule has 0 amide bonds. The van der Waals surface area contributed by atoms with Gasteiger partial charge in [-0.25, -0.2) is 8.42 Å². The fraction of sp³-hybridized carbons (Fsp3) is 0.538. The van der Waals surface area contributed by atoms with E-state index in [1.165, 1.54) is 10.4 Å². The van der Waals surface area contributed by atoms with Gasteiger partial charge in [-0.15, -0.1) is 0 Å². The monoisotopic (exact) mass is 363 g/mol. The van der Waals surface area contributed by atoms with Gasteiger partial charge in [-0.2, -0.15) is 4.31 Å². The van der Waals surface area contributed by atoms with Crippen LogP contribution in [0.5, 0.6) is 0 Å². The molecule has 1 unspecified atom stereocenters. The number of benzene rings is 1. The van der Waals surface area contributed by atoms with Gasteiger partial charge in [0.05, 0.1) is 17.6 Å². The molecular weight excluding hydrogens is 346 g/mol. The fourth-order valence-corrected chi connectivity index (χ4v) is 4.80. The zero-order valence-electron chi connectivity index (χ0n) is 11.3. The lowest BCUT2D eigenvalue weighted by Crippen LogP contribution is -2.36. The number of halogens is 1. The molecule has 1 aromatic rings. The fourth-order valence-electron chi connectivity index (χ4n) is 2.17. The highest BCUT2D eigenvalue weighted by Crippen LogP contribution is 2.27. The predicted octanol–water partition coefficient (Wildman–Crippen LogP) is 1.74. The van der Waals surface area contributed by atoms with E-state index in [0.717, 1.165) is 0 Å². The van der Waals surface area contributed by atoms with Gasteiger partial charge in [0.1, 0.15) is 0 Å². The van der Waals surface area contributed by atoms with Crippen molar-refractivity contribution in [2.75, 3.05) is 19.7 Å². The Morgan fingerprint density at radius 2 is 2.25 bits per heavy atom. The number of ether oxygens (including phenoxy) is 1. The molecule has 1 saturated heterocycles. The van der Waals surface area contributed by atoms with E-state index in [0.29, 0.717) is 36.2 Å². The second kappa shape index (κ2) is 6.53. The summed E-state index contributed by atoms with van der Waals surface area (Å²) >= 11 is 3.28. The number of nitrogens with zero attached hydrogens (tertiary/aromatic N) is 1. The van der Waals surface area contributed by atoms with Crippen LogP contribution in [0.4, 0.5) is 0 Å². The standard InChI is InChI=1S/C13H18BrNO4S/c1-10-8-15(5-2-6-19-10)20(17,18)13-4-3-11(9-16)7-12(13)14/h3-4,7,10,16H,2,5-6,8-9H2,1H3. The van der Waals surface area contributed by atoms with E-state index in [-0.39, 0.29) is 17.6 Å². The van der Waals surface area contributed by atoms with Gasteiger partial charge in [-0.1, -0.05) is 6.07 Å². The Hall–Kier alpha value is -0.470. The molecule has 0 bridgehead atoms. The Morgan fingerprint density at radius 1 is 1.50 bits per heavy atom. The maximum absolute atomic E-state index is 12.7. The summed E-state index contributed by atoms with van der Waals surface area (Å²) in [5, 5.41) is 9.08. The average Bonchev–Trinajstić information content (AvgIpc) is 2.63. The quantitative estimate of drug-likeness (QED) is 0.887. The van der Waals surface area contributed by atoms with Crippen molar-refractivity contribution in [2.24, 2.45) is 0 Å². The topological polar surface area (TPSA) is 66.8 Å². The smallest absolute Gasteiger partial charge is 0.244 e. The molecule has 112 valence electrons. The first-order valence-electron chi connectivity index (χ1n) is 6.46. The SMILES string of the molecule is CC1CN(S(=O)(=O)c2ccc(CO)cc2Br)CCCO1. The summed E-state index contributed by atoms with van der Waals surface area (Å²) in [5.74, 6) is 0. The third kappa shape index (κ3) is 3.40. The predicted molar refractivity (Wildman–Crippen MR) is 78.9 cm³/mol. The van der Waals surface area contributed by atoms with Gasteiger partial charge >= 0.3 is 0 Å². The molecule has 2 rings (SSSR count). The molecule has 0 aromatic heterocycles. The molecule has 1 fully saturated rings. The molecule has 1 aliphatic heterocycles. The second-order valence-corrected chi connectivity index (χ2v) is 7.58. The molecule has 0 spiro atoms. The maximum Gasteiger partial charge on any atom is 0.244 e. The van der Waals surface area contributed by atoms with E-state index in [4.69, 9.17) is 9.84 Å². The van der Waals surface area contributed by atoms with E-state index in [1.54, 1.807) is 12.1 Å². The summed E-state index contributed by atoms with van der Waals surface area (Å²) in [5.41, 5.74) is 0.670. The van der Waals surface area contributed by atoms with Crippen LogP contribution in [-0.2, 0) is 21.4 Å². The van der Waals surface area contributed by atoms with E-state index < -0.39 is 10.0 Å². The van der Waals surface area contributed by atoms with E-state index in [9.17, 15) is 8.42 Å². The van der Waals surface area contributed by atoms with Crippen molar-refractivity contribution in [3.8, 4) is 0 Å². The number of hydrogen-bond acceptors (Lipinski definition) is 4. The summed E-state index contributed by atoms with van der Waals surface area (Å²) in [6.07, 6.45) is 0.582. The molecule has 1 aromatic carbocycles. The lowest BCUT2D eigenvalue weighted by molar-refractivity contribution is 0.0752. The van der Waals surface area contributed by atoms with Crippen LogP contribution in [0.2, 0.25) is 0 Å². The average molecular weight is 364 g/mol. The Balaban J connectivity index is 2.34. The molecule has 5 nitrogen and oxygen atoms in total. The number of sulfonamides is 1. The minimum absolute atomic E-state index is 0.109. The largest absolute Gasteiger partial charge is 0.392 e. The molecule has 0 aliphatic carbocycles. The summed E-state index contributed by atoms with van der Waals surface area (Å²) < 4.78 is 32.8. The third-order valence-corrected chi connectivity index (χ3v) is 6.05. The lowest BCUT2D eigenvalue weighted by atomic mass is 10.2. The van der Waals surface area contributed by atoms with Crippen molar-refractivity contribution < 1.29 is 18.3 Å². The van der Waals surface area contributed by atoms with Crippen molar-refractivity contribution in [3.05, 3.63) is 28.2 Å². The normalized spacial score (nSPS) is 21.6. The van der Waals surface area contributed by atoms with Gasteiger partial charge < -0.3 is 9.84 Å². The van der Waals surface area contributed by atoms with Gasteiger partial charge in [0, 0.05) is 24.2 Å². The first-order chi connectivity index (χ1) is 9.45. The van der Waals surface area contributed by atoms with Crippen LogP contribution < -0.4 is 0 Å². The van der Waals surface area contributed by atoms with Crippen LogP contribution >= 0.6 is 15.9 Å². The highest BCUT2D eigenvalue weighted by molar-refractivity contribution is 9.10. The van der Waals surface area contributed by atoms with Crippen LogP contribution in [0.15, 0.2) is 27.6 Å². The van der Waals surface area contributed by atoms with Gasteiger partial charge in [-0.05, 0) is 47.0 Å². The maximum atomic E-state index is 12.7. The van der Waals surface area contributed by atoms with Crippen LogP contribution in [-0.4, -0.2) is 43.6 Å². The molecule has 0 saturated carbocycles. The zero-order valence-corrected chi connectivity index (χ0v) is 13.7. The van der Waals surface area contributed by atoms with Crippen LogP contribution in [0.25, 0.3) is 0 Å². The number of rotatable bonds is 3. The molecule has 1 heterocycles. The second-order valence-electron chi connectivity index (χ2n) is 4.82. The van der Waals surface area contributed by atoms with E-state index in [2.05, 4.69) is 15.9 Å². The van der Waals surface area contributed by atoms with Crippen molar-refractivity contribution in [2.45, 2.75) is 31.0 Å². The minimum atomic E-state index is -3.55. The van der Waals surface area contributed by atoms with E-state index in [1.807, 2.05) is 6.92 Å². The van der Waals surface area contributed by atoms with Crippen molar-refractivity contribution in [1.29, 1.82) is 0 Å². The number of hydrogen-bond donors (Lipinski definition) is 1. The summed E-state index contributed by atoms with van der Waals surface area (Å²) in [7, 11) is -3.55. The number of aliphatic hydroxyl groups excluding tert-OH is 1. The highest BCUT2D eigenvalue weighted by Gasteiger charge is 2.29. The van der Waals surface area contributed by atoms with Crippen molar-refractivity contribution in [1.82, 2.24) is 4.31 Å². The molecule has 1 N–H and O–H groups in total. The zero-order chi connectivity index (χ0) is 14.8. The third-order valence-electron chi connectivity index (χ3n) is 3.21. The lowest BCUT2D eigenvalue weighted by Gasteiger charge is -2.22. The number of aliphatic hydroxyl groups is 1. The molecular formula is C13H18BrNO4S. The molecule has 7 heteroatoms. The van der Waals surface area contributed by atoms with Gasteiger partial charge in [0.25, 0.3) is 0 Å². The Labute approximate surface area is 127 Å². The van der Waals surface area contributed by atoms with Crippen molar-refractivity contribution >= 4 is 26.0 Å². The Bertz CT molecular complexity index is 576. The van der Waals surface area contributed by atoms with Gasteiger partial charge in [0.2, 0.25) is 10.0 Å². The Morgan fingerprint density at radius 3 is 2.90 bits per heavy atom. The first-order valence-corrected chi connectivity index (χ1v) is 8.69. The molecule has 1 aliphatic rings. The van der Waals surface area contributed by atoms with Crippen molar-refractivity contribution in [3.63, 3.8) is 0 Å². The summed E-state index contributed by atoms with van der Waals surface area (Å²) in [4.78, 5) is 0.226. The van der Waals surface area contributed by atoms with Gasteiger partial charge in [0.15, 0.2) is 0 Å². The first kappa shape index (κ1) is 15.9.